The first-order valence-corrected chi connectivity index (χ1v) is 27.0. The Balaban J connectivity index is 4.31. The van der Waals surface area contributed by atoms with Gasteiger partial charge in [-0.1, -0.05) is 200 Å². The van der Waals surface area contributed by atoms with Crippen LogP contribution in [0.25, 0.3) is 0 Å². The molecule has 0 bridgehead atoms. The maximum atomic E-state index is 12.8. The van der Waals surface area contributed by atoms with E-state index in [2.05, 4.69) is 117 Å². The zero-order valence-electron chi connectivity index (χ0n) is 44.4. The summed E-state index contributed by atoms with van der Waals surface area (Å²) in [6.07, 6.45) is 65.7. The van der Waals surface area contributed by atoms with Gasteiger partial charge in [-0.2, -0.15) is 0 Å². The number of carbonyl (C=O) groups excluding carboxylic acids is 3. The van der Waals surface area contributed by atoms with Crippen LogP contribution in [0.1, 0.15) is 194 Å². The molecule has 9 nitrogen and oxygen atoms in total. The molecule has 0 aromatic rings. The number of carboxylic acid groups (broad SMARTS) is 1. The molecule has 0 aliphatic heterocycles. The predicted molar refractivity (Wildman–Crippen MR) is 287 cm³/mol. The molecule has 0 amide bonds. The summed E-state index contributed by atoms with van der Waals surface area (Å²) < 4.78 is 22.6. The van der Waals surface area contributed by atoms with Gasteiger partial charge in [0.05, 0.1) is 40.3 Å². The standard InChI is InChI=1S/C60H99NO8/c1-6-8-10-12-14-16-18-20-22-24-25-26-27-28-29-30-31-32-33-35-36-38-40-42-44-46-48-50-57(62)67-54-56(55-68-60(59(64)65)66-53-52-61(3,4)5)69-58(63)51-49-47-45-43-41-39-37-34-23-21-19-17-15-13-11-9-7-2/h8-11,14-17,20-23,25-26,37,39,43,45,56,60H,6-7,12-13,18-19,24,27-36,38,40-42,44,46-55H2,1-5H3/b10-8-,11-9-,16-14-,17-15-,22-20-,23-21-,26-25-,39-37-,45-43-. The minimum absolute atomic E-state index is 0.132. The van der Waals surface area contributed by atoms with E-state index in [0.717, 1.165) is 77.0 Å². The van der Waals surface area contributed by atoms with Gasteiger partial charge in [0, 0.05) is 12.8 Å². The normalized spacial score (nSPS) is 13.7. The van der Waals surface area contributed by atoms with Crippen molar-refractivity contribution >= 4 is 17.9 Å². The lowest BCUT2D eigenvalue weighted by molar-refractivity contribution is -0.870. The molecule has 2 atom stereocenters. The molecule has 392 valence electrons. The average Bonchev–Trinajstić information content (AvgIpc) is 3.31. The van der Waals surface area contributed by atoms with E-state index in [-0.39, 0.29) is 38.6 Å². The largest absolute Gasteiger partial charge is 0.545 e. The fourth-order valence-electron chi connectivity index (χ4n) is 6.91. The van der Waals surface area contributed by atoms with Gasteiger partial charge in [0.25, 0.3) is 0 Å². The van der Waals surface area contributed by atoms with E-state index < -0.39 is 24.3 Å². The summed E-state index contributed by atoms with van der Waals surface area (Å²) >= 11 is 0. The monoisotopic (exact) mass is 962 g/mol. The molecule has 0 radical (unpaired) electrons. The second-order valence-corrected chi connectivity index (χ2v) is 18.8. The SMILES string of the molecule is CC/C=C\C/C=C\C/C=C\C/C=C\C/C=C\CCCC(=O)OC(COC(=O)CCCCCCCCCCCCCCCC/C=C\C/C=C\C/C=C\C/C=C\CC)COC(OCC[N+](C)(C)C)C(=O)[O-]. The molecule has 0 aromatic heterocycles. The second kappa shape index (κ2) is 50.3. The van der Waals surface area contributed by atoms with Gasteiger partial charge in [-0.15, -0.1) is 0 Å². The van der Waals surface area contributed by atoms with Crippen LogP contribution in [-0.4, -0.2) is 82.3 Å². The fourth-order valence-corrected chi connectivity index (χ4v) is 6.91. The molecule has 0 N–H and O–H groups in total. The van der Waals surface area contributed by atoms with Crippen molar-refractivity contribution in [3.05, 3.63) is 109 Å². The Hall–Kier alpha value is -4.05. The third-order valence-corrected chi connectivity index (χ3v) is 11.0. The van der Waals surface area contributed by atoms with Crippen LogP contribution in [0.2, 0.25) is 0 Å². The minimum atomic E-state index is -1.64. The molecule has 0 aliphatic rings. The van der Waals surface area contributed by atoms with Crippen molar-refractivity contribution in [2.24, 2.45) is 0 Å². The van der Waals surface area contributed by atoms with E-state index in [0.29, 0.717) is 23.9 Å². The Morgan fingerprint density at radius 3 is 1.20 bits per heavy atom. The lowest BCUT2D eigenvalue weighted by atomic mass is 10.0. The number of ether oxygens (including phenoxy) is 4. The number of carboxylic acids is 1. The van der Waals surface area contributed by atoms with Gasteiger partial charge in [0.1, 0.15) is 13.2 Å². The number of hydrogen-bond donors (Lipinski definition) is 0. The summed E-state index contributed by atoms with van der Waals surface area (Å²) in [5.74, 6) is -2.37. The van der Waals surface area contributed by atoms with Crippen LogP contribution in [0.3, 0.4) is 0 Å². The Labute approximate surface area is 422 Å². The summed E-state index contributed by atoms with van der Waals surface area (Å²) in [6, 6.07) is 0. The fraction of sp³-hybridized carbons (Fsp3) is 0.650. The maximum absolute atomic E-state index is 12.8. The minimum Gasteiger partial charge on any atom is -0.545 e. The van der Waals surface area contributed by atoms with Crippen LogP contribution in [0, 0.1) is 0 Å². The molecule has 0 aromatic carbocycles. The number of quaternary nitrogens is 1. The van der Waals surface area contributed by atoms with Crippen molar-refractivity contribution in [1.82, 2.24) is 0 Å². The number of rotatable bonds is 48. The maximum Gasteiger partial charge on any atom is 0.306 e. The molecule has 2 unspecified atom stereocenters. The van der Waals surface area contributed by atoms with Crippen molar-refractivity contribution in [2.75, 3.05) is 47.5 Å². The van der Waals surface area contributed by atoms with Crippen LogP contribution < -0.4 is 5.11 Å². The number of hydrogen-bond acceptors (Lipinski definition) is 8. The lowest BCUT2D eigenvalue weighted by Gasteiger charge is -2.26. The molecule has 0 fully saturated rings. The van der Waals surface area contributed by atoms with Gasteiger partial charge in [-0.3, -0.25) is 9.59 Å². The number of likely N-dealkylation sites (N-methyl/N-ethyl adjacent to an activating group) is 1. The Morgan fingerprint density at radius 1 is 0.435 bits per heavy atom. The predicted octanol–water partition coefficient (Wildman–Crippen LogP) is 14.2. The number of unbranched alkanes of at least 4 members (excludes halogenated alkanes) is 15. The van der Waals surface area contributed by atoms with Crippen LogP contribution in [0.15, 0.2) is 109 Å². The van der Waals surface area contributed by atoms with E-state index in [4.69, 9.17) is 18.9 Å². The average molecular weight is 962 g/mol. The van der Waals surface area contributed by atoms with Crippen molar-refractivity contribution in [3.8, 4) is 0 Å². The van der Waals surface area contributed by atoms with Crippen molar-refractivity contribution in [3.63, 3.8) is 0 Å². The van der Waals surface area contributed by atoms with Crippen molar-refractivity contribution in [1.29, 1.82) is 0 Å². The summed E-state index contributed by atoms with van der Waals surface area (Å²) in [7, 11) is 5.89. The Bertz CT molecular complexity index is 1490. The number of nitrogens with zero attached hydrogens (tertiary/aromatic N) is 1. The van der Waals surface area contributed by atoms with E-state index in [1.54, 1.807) is 0 Å². The van der Waals surface area contributed by atoms with Crippen molar-refractivity contribution in [2.45, 2.75) is 206 Å². The van der Waals surface area contributed by atoms with Gasteiger partial charge >= 0.3 is 11.9 Å². The van der Waals surface area contributed by atoms with Crippen molar-refractivity contribution < 1.29 is 42.9 Å². The molecule has 0 saturated carbocycles. The lowest BCUT2D eigenvalue weighted by Crippen LogP contribution is -2.44. The Kier molecular flexibility index (Phi) is 47.4. The summed E-state index contributed by atoms with van der Waals surface area (Å²) in [4.78, 5) is 37.2. The summed E-state index contributed by atoms with van der Waals surface area (Å²) in [5.41, 5.74) is 0. The molecule has 0 heterocycles. The molecule has 69 heavy (non-hydrogen) atoms. The first-order chi connectivity index (χ1) is 33.6. The summed E-state index contributed by atoms with van der Waals surface area (Å²) in [6.45, 7) is 4.44. The van der Waals surface area contributed by atoms with Crippen LogP contribution in [-0.2, 0) is 33.3 Å². The molecule has 9 heteroatoms. The highest BCUT2D eigenvalue weighted by atomic mass is 16.7. The van der Waals surface area contributed by atoms with E-state index in [9.17, 15) is 19.5 Å². The van der Waals surface area contributed by atoms with E-state index in [1.807, 2.05) is 27.2 Å². The van der Waals surface area contributed by atoms with Gasteiger partial charge in [-0.05, 0) is 89.9 Å². The van der Waals surface area contributed by atoms with Gasteiger partial charge in [-0.25, -0.2) is 0 Å². The number of allylic oxidation sites excluding steroid dienone is 18. The third-order valence-electron chi connectivity index (χ3n) is 11.0. The highest BCUT2D eigenvalue weighted by Gasteiger charge is 2.21. The van der Waals surface area contributed by atoms with Crippen LogP contribution in [0.4, 0.5) is 0 Å². The van der Waals surface area contributed by atoms with E-state index in [1.165, 1.54) is 77.0 Å². The van der Waals surface area contributed by atoms with Gasteiger partial charge in [0.15, 0.2) is 12.4 Å². The highest BCUT2D eigenvalue weighted by Crippen LogP contribution is 2.15. The molecule has 0 aliphatic carbocycles. The number of carbonyl (C=O) groups is 3. The molecule has 0 rings (SSSR count). The first-order valence-electron chi connectivity index (χ1n) is 27.0. The number of esters is 2. The van der Waals surface area contributed by atoms with Crippen LogP contribution in [0.5, 0.6) is 0 Å². The zero-order chi connectivity index (χ0) is 50.6. The topological polar surface area (TPSA) is 111 Å². The quantitative estimate of drug-likeness (QED) is 0.0195. The van der Waals surface area contributed by atoms with Crippen LogP contribution >= 0.6 is 0 Å². The number of aliphatic carboxylic acids is 1. The zero-order valence-corrected chi connectivity index (χ0v) is 44.4. The Morgan fingerprint density at radius 2 is 0.797 bits per heavy atom. The first kappa shape index (κ1) is 65.0. The molecule has 0 saturated heterocycles. The van der Waals surface area contributed by atoms with Gasteiger partial charge < -0.3 is 33.3 Å². The third kappa shape index (κ3) is 51.6. The smallest absolute Gasteiger partial charge is 0.306 e. The second-order valence-electron chi connectivity index (χ2n) is 18.8. The summed E-state index contributed by atoms with van der Waals surface area (Å²) in [5, 5.41) is 11.7. The molecular weight excluding hydrogens is 863 g/mol. The highest BCUT2D eigenvalue weighted by molar-refractivity contribution is 5.70. The van der Waals surface area contributed by atoms with Gasteiger partial charge in [0.2, 0.25) is 0 Å². The van der Waals surface area contributed by atoms with E-state index >= 15 is 0 Å². The molecule has 0 spiro atoms. The molecular formula is C60H99NO8.